The smallest absolute Gasteiger partial charge is 0.0650 e. The van der Waals surface area contributed by atoms with Crippen LogP contribution in [0.4, 0.5) is 0 Å². The summed E-state index contributed by atoms with van der Waals surface area (Å²) in [7, 11) is 0. The lowest BCUT2D eigenvalue weighted by Crippen LogP contribution is -2.51. The Morgan fingerprint density at radius 2 is 1.81 bits per heavy atom. The molecule has 4 aliphatic carbocycles. The predicted molar refractivity (Wildman–Crippen MR) is 130 cm³/mol. The van der Waals surface area contributed by atoms with Crippen molar-refractivity contribution in [3.8, 4) is 0 Å². The van der Waals surface area contributed by atoms with Crippen LogP contribution in [-0.4, -0.2) is 20.7 Å². The van der Waals surface area contributed by atoms with Gasteiger partial charge in [0, 0.05) is 12.4 Å². The summed E-state index contributed by atoms with van der Waals surface area (Å²) in [6.07, 6.45) is 19.1. The number of rotatable bonds is 5. The molecule has 3 heteroatoms. The molecule has 5 rings (SSSR count). The topological polar surface area (TPSA) is 46.0 Å². The van der Waals surface area contributed by atoms with Crippen LogP contribution in [-0.2, 0) is 6.42 Å². The molecule has 0 amide bonds. The minimum absolute atomic E-state index is 0.349. The van der Waals surface area contributed by atoms with E-state index in [0.717, 1.165) is 73.3 Å². The van der Waals surface area contributed by atoms with Gasteiger partial charge in [0.2, 0.25) is 0 Å². The molecular weight excluding hydrogens is 392 g/mol. The minimum Gasteiger partial charge on any atom is -0.390 e. The zero-order valence-corrected chi connectivity index (χ0v) is 21.0. The predicted octanol–water partition coefficient (Wildman–Crippen LogP) is 6.76. The molecule has 1 heterocycles. The molecule has 0 spiro atoms. The SMILES string of the molecule is CCC[C@@]1(O)CC[C@H]2[C@H](CC[C@@H]3[C@@H]2CC[C@]2(C)[C@@H]([C@@H](C)Cc4cnc(C)cn4)CC[C@@H]32)C1. The number of aliphatic hydroxyl groups is 1. The van der Waals surface area contributed by atoms with Crippen LogP contribution in [0.15, 0.2) is 12.4 Å². The van der Waals surface area contributed by atoms with Crippen molar-refractivity contribution in [3.63, 3.8) is 0 Å². The highest BCUT2D eigenvalue weighted by atomic mass is 16.3. The summed E-state index contributed by atoms with van der Waals surface area (Å²) in [4.78, 5) is 9.16. The zero-order valence-electron chi connectivity index (χ0n) is 21.0. The minimum atomic E-state index is -0.349. The van der Waals surface area contributed by atoms with Crippen LogP contribution in [0.25, 0.3) is 0 Å². The molecule has 32 heavy (non-hydrogen) atoms. The number of fused-ring (bicyclic) bond motifs is 5. The van der Waals surface area contributed by atoms with E-state index in [9.17, 15) is 5.11 Å². The van der Waals surface area contributed by atoms with Gasteiger partial charge in [-0.1, -0.05) is 27.2 Å². The van der Waals surface area contributed by atoms with Gasteiger partial charge in [0.05, 0.1) is 17.0 Å². The van der Waals surface area contributed by atoms with E-state index in [1.54, 1.807) is 0 Å². The van der Waals surface area contributed by atoms with E-state index in [4.69, 9.17) is 0 Å². The van der Waals surface area contributed by atoms with Crippen molar-refractivity contribution in [3.05, 3.63) is 23.8 Å². The van der Waals surface area contributed by atoms with Crippen LogP contribution in [0.5, 0.6) is 0 Å². The summed E-state index contributed by atoms with van der Waals surface area (Å²) in [5, 5.41) is 11.1. The highest BCUT2D eigenvalue weighted by Crippen LogP contribution is 2.65. The van der Waals surface area contributed by atoms with E-state index in [1.165, 1.54) is 50.6 Å². The van der Waals surface area contributed by atoms with Crippen molar-refractivity contribution in [1.29, 1.82) is 0 Å². The van der Waals surface area contributed by atoms with Gasteiger partial charge >= 0.3 is 0 Å². The van der Waals surface area contributed by atoms with Crippen molar-refractivity contribution in [2.45, 2.75) is 110 Å². The molecule has 4 fully saturated rings. The standard InChI is InChI=1S/C29H46N2O/c1-5-12-29(32)14-11-23-21(16-29)6-7-25-24(23)10-13-28(4)26(8-9-27(25)28)19(2)15-22-18-30-20(3)17-31-22/h17-19,21,23-27,32H,5-16H2,1-4H3/t19-,21+,23-,24+,25+,26+,27-,28+,29+/m0/s1. The lowest BCUT2D eigenvalue weighted by Gasteiger charge is -2.57. The molecule has 4 aliphatic rings. The number of aromatic nitrogens is 2. The normalized spacial score (nSPS) is 44.4. The first-order chi connectivity index (χ1) is 15.3. The summed E-state index contributed by atoms with van der Waals surface area (Å²) >= 11 is 0. The molecule has 1 N–H and O–H groups in total. The molecule has 0 bridgehead atoms. The highest BCUT2D eigenvalue weighted by molar-refractivity contribution is 5.09. The Hall–Kier alpha value is -0.960. The average Bonchev–Trinajstić information content (AvgIpc) is 3.12. The fourth-order valence-electron chi connectivity index (χ4n) is 9.63. The van der Waals surface area contributed by atoms with Gasteiger partial charge in [0.1, 0.15) is 0 Å². The third-order valence-corrected chi connectivity index (χ3v) is 10.9. The second kappa shape index (κ2) is 8.67. The van der Waals surface area contributed by atoms with Gasteiger partial charge in [-0.25, -0.2) is 0 Å². The highest BCUT2D eigenvalue weighted by Gasteiger charge is 2.58. The van der Waals surface area contributed by atoms with E-state index in [2.05, 4.69) is 30.7 Å². The lowest BCUT2D eigenvalue weighted by molar-refractivity contribution is -0.110. The Morgan fingerprint density at radius 1 is 1.00 bits per heavy atom. The maximum Gasteiger partial charge on any atom is 0.0650 e. The number of hydrogen-bond acceptors (Lipinski definition) is 3. The summed E-state index contributed by atoms with van der Waals surface area (Å²) in [5.41, 5.74) is 2.35. The monoisotopic (exact) mass is 438 g/mol. The van der Waals surface area contributed by atoms with Gasteiger partial charge in [-0.15, -0.1) is 0 Å². The Morgan fingerprint density at radius 3 is 2.56 bits per heavy atom. The molecule has 0 aromatic carbocycles. The van der Waals surface area contributed by atoms with Gasteiger partial charge < -0.3 is 5.11 Å². The van der Waals surface area contributed by atoms with Gasteiger partial charge in [-0.05, 0) is 124 Å². The molecule has 0 aliphatic heterocycles. The van der Waals surface area contributed by atoms with Crippen molar-refractivity contribution >= 4 is 0 Å². The maximum atomic E-state index is 11.1. The van der Waals surface area contributed by atoms with E-state index in [-0.39, 0.29) is 5.60 Å². The molecule has 9 atom stereocenters. The summed E-state index contributed by atoms with van der Waals surface area (Å²) in [5.74, 6) is 6.02. The van der Waals surface area contributed by atoms with Crippen LogP contribution < -0.4 is 0 Å². The van der Waals surface area contributed by atoms with Crippen LogP contribution in [0, 0.1) is 53.8 Å². The molecule has 0 saturated heterocycles. The average molecular weight is 439 g/mol. The van der Waals surface area contributed by atoms with Crippen LogP contribution in [0.2, 0.25) is 0 Å². The second-order valence-electron chi connectivity index (χ2n) is 12.7. The maximum absolute atomic E-state index is 11.1. The summed E-state index contributed by atoms with van der Waals surface area (Å²) < 4.78 is 0. The quantitative estimate of drug-likeness (QED) is 0.552. The molecular formula is C29H46N2O. The largest absolute Gasteiger partial charge is 0.390 e. The van der Waals surface area contributed by atoms with Crippen molar-refractivity contribution < 1.29 is 5.11 Å². The lowest BCUT2D eigenvalue weighted by atomic mass is 9.48. The van der Waals surface area contributed by atoms with Crippen molar-refractivity contribution in [2.24, 2.45) is 46.8 Å². The molecule has 3 nitrogen and oxygen atoms in total. The second-order valence-corrected chi connectivity index (χ2v) is 12.7. The fraction of sp³-hybridized carbons (Fsp3) is 0.862. The Balaban J connectivity index is 1.27. The van der Waals surface area contributed by atoms with Gasteiger partial charge in [0.15, 0.2) is 0 Å². The molecule has 0 unspecified atom stereocenters. The first-order valence-corrected chi connectivity index (χ1v) is 13.8. The van der Waals surface area contributed by atoms with Gasteiger partial charge in [0.25, 0.3) is 0 Å². The molecule has 1 aromatic rings. The van der Waals surface area contributed by atoms with E-state index >= 15 is 0 Å². The van der Waals surface area contributed by atoms with Crippen molar-refractivity contribution in [1.82, 2.24) is 9.97 Å². The Labute approximate surface area is 196 Å². The summed E-state index contributed by atoms with van der Waals surface area (Å²) in [6, 6.07) is 0. The third kappa shape index (κ3) is 3.95. The first-order valence-electron chi connectivity index (χ1n) is 13.8. The Kier molecular flexibility index (Phi) is 6.18. The van der Waals surface area contributed by atoms with E-state index < -0.39 is 0 Å². The van der Waals surface area contributed by atoms with E-state index in [1.807, 2.05) is 19.3 Å². The molecule has 178 valence electrons. The van der Waals surface area contributed by atoms with Crippen LogP contribution in [0.3, 0.4) is 0 Å². The fourth-order valence-corrected chi connectivity index (χ4v) is 9.63. The first kappa shape index (κ1) is 22.8. The molecule has 1 aromatic heterocycles. The van der Waals surface area contributed by atoms with Gasteiger partial charge in [-0.3, -0.25) is 9.97 Å². The van der Waals surface area contributed by atoms with Crippen LogP contribution in [0.1, 0.15) is 103 Å². The number of aryl methyl sites for hydroxylation is 1. The van der Waals surface area contributed by atoms with Crippen molar-refractivity contribution in [2.75, 3.05) is 0 Å². The number of hydrogen-bond donors (Lipinski definition) is 1. The molecule has 0 radical (unpaired) electrons. The Bertz CT molecular complexity index is 793. The zero-order chi connectivity index (χ0) is 22.5. The summed E-state index contributed by atoms with van der Waals surface area (Å²) in [6.45, 7) is 9.40. The number of nitrogens with zero attached hydrogens (tertiary/aromatic N) is 2. The van der Waals surface area contributed by atoms with E-state index in [0.29, 0.717) is 11.3 Å². The third-order valence-electron chi connectivity index (χ3n) is 10.9. The van der Waals surface area contributed by atoms with Crippen LogP contribution >= 0.6 is 0 Å². The van der Waals surface area contributed by atoms with Gasteiger partial charge in [-0.2, -0.15) is 0 Å². The molecule has 4 saturated carbocycles.